The number of hydrogen-bond donors (Lipinski definition) is 0. The molecule has 0 radical (unpaired) electrons. The Morgan fingerprint density at radius 2 is 0.913 bits per heavy atom. The van der Waals surface area contributed by atoms with Gasteiger partial charge in [-0.1, -0.05) is 54.4 Å². The van der Waals surface area contributed by atoms with Gasteiger partial charge in [0.25, 0.3) is 0 Å². The van der Waals surface area contributed by atoms with Gasteiger partial charge >= 0.3 is 16.5 Å². The summed E-state index contributed by atoms with van der Waals surface area (Å²) in [6.07, 6.45) is 6.04. The summed E-state index contributed by atoms with van der Waals surface area (Å²) < 4.78 is 0. The topological polar surface area (TPSA) is 80.3 Å². The second kappa shape index (κ2) is 13.8. The minimum absolute atomic E-state index is 0. The van der Waals surface area contributed by atoms with Crippen LogP contribution in [0, 0.1) is 10.8 Å². The fourth-order valence-corrected chi connectivity index (χ4v) is 1.85. The molecular formula is C18H34NiO4. The van der Waals surface area contributed by atoms with Crippen LogP contribution in [0.5, 0.6) is 0 Å². The summed E-state index contributed by atoms with van der Waals surface area (Å²) in [6.45, 7) is 13.0. The Balaban J connectivity index is -0.000000333. The van der Waals surface area contributed by atoms with Gasteiger partial charge in [0.2, 0.25) is 0 Å². The van der Waals surface area contributed by atoms with E-state index in [1.54, 1.807) is 0 Å². The van der Waals surface area contributed by atoms with E-state index in [2.05, 4.69) is 41.5 Å². The van der Waals surface area contributed by atoms with Crippen LogP contribution in [0.25, 0.3) is 0 Å². The molecule has 0 N–H and O–H groups in total. The summed E-state index contributed by atoms with van der Waals surface area (Å²) in [6, 6.07) is 0. The Hall–Kier alpha value is -0.566. The van der Waals surface area contributed by atoms with Crippen LogP contribution >= 0.6 is 0 Å². The van der Waals surface area contributed by atoms with Crippen molar-refractivity contribution in [1.82, 2.24) is 0 Å². The number of carboxylic acids is 2. The third kappa shape index (κ3) is 34.0. The summed E-state index contributed by atoms with van der Waals surface area (Å²) in [5.41, 5.74) is 0.651. The molecule has 0 aromatic heterocycles. The second-order valence-electron chi connectivity index (χ2n) is 8.28. The molecular weight excluding hydrogens is 339 g/mol. The van der Waals surface area contributed by atoms with Crippen molar-refractivity contribution in [2.75, 3.05) is 0 Å². The first-order valence-electron chi connectivity index (χ1n) is 8.23. The standard InChI is InChI=1S/2C9H18O2.Ni/c2*1-9(2,3)7-5-4-6-8(10)11;/h2*4-7H2,1-3H3,(H,10,11);/q;;+2/p-2. The molecule has 0 aliphatic carbocycles. The number of hydrogen-bond acceptors (Lipinski definition) is 4. The third-order valence-electron chi connectivity index (χ3n) is 3.12. The molecule has 140 valence electrons. The van der Waals surface area contributed by atoms with Crippen molar-refractivity contribution in [3.05, 3.63) is 0 Å². The molecule has 4 nitrogen and oxygen atoms in total. The summed E-state index contributed by atoms with van der Waals surface area (Å²) in [7, 11) is 0. The zero-order chi connectivity index (χ0) is 17.8. The summed E-state index contributed by atoms with van der Waals surface area (Å²) in [4.78, 5) is 20.0. The molecule has 0 bridgehead atoms. The summed E-state index contributed by atoms with van der Waals surface area (Å²) in [5, 5.41) is 20.0. The van der Waals surface area contributed by atoms with Crippen molar-refractivity contribution in [2.24, 2.45) is 10.8 Å². The van der Waals surface area contributed by atoms with Crippen molar-refractivity contribution in [1.29, 1.82) is 0 Å². The van der Waals surface area contributed by atoms with E-state index in [4.69, 9.17) is 0 Å². The molecule has 0 aliphatic rings. The number of carbonyl (C=O) groups is 2. The number of aliphatic carboxylic acids is 2. The second-order valence-corrected chi connectivity index (χ2v) is 8.28. The van der Waals surface area contributed by atoms with E-state index in [1.807, 2.05) is 0 Å². The molecule has 0 spiro atoms. The van der Waals surface area contributed by atoms with Crippen LogP contribution in [0.1, 0.15) is 92.9 Å². The Morgan fingerprint density at radius 3 is 1.09 bits per heavy atom. The normalized spacial score (nSPS) is 11.0. The number of rotatable bonds is 8. The average Bonchev–Trinajstić information content (AvgIpc) is 2.28. The van der Waals surface area contributed by atoms with Gasteiger partial charge in [-0.15, -0.1) is 0 Å². The van der Waals surface area contributed by atoms with Gasteiger partial charge in [0.1, 0.15) is 0 Å². The number of unbranched alkanes of at least 4 members (excludes halogenated alkanes) is 2. The van der Waals surface area contributed by atoms with Gasteiger partial charge in [-0.05, 0) is 49.4 Å². The summed E-state index contributed by atoms with van der Waals surface area (Å²) >= 11 is 0. The van der Waals surface area contributed by atoms with E-state index in [0.717, 1.165) is 38.5 Å². The Kier molecular flexibility index (Phi) is 16.4. The van der Waals surface area contributed by atoms with Crippen LogP contribution in [0.3, 0.4) is 0 Å². The molecule has 23 heavy (non-hydrogen) atoms. The van der Waals surface area contributed by atoms with Crippen LogP contribution in [0.4, 0.5) is 0 Å². The van der Waals surface area contributed by atoms with Gasteiger partial charge in [0.05, 0.1) is 0 Å². The Morgan fingerprint density at radius 1 is 0.652 bits per heavy atom. The first-order valence-corrected chi connectivity index (χ1v) is 8.23. The molecule has 0 atom stereocenters. The molecule has 0 heterocycles. The van der Waals surface area contributed by atoms with Crippen LogP contribution in [-0.2, 0) is 26.1 Å². The number of carbonyl (C=O) groups excluding carboxylic acids is 2. The van der Waals surface area contributed by atoms with Crippen LogP contribution in [0.15, 0.2) is 0 Å². The SMILES string of the molecule is CC(C)(C)CCCCC(=O)[O-].CC(C)(C)CCCCC(=O)[O-].[Ni+2]. The molecule has 5 heteroatoms. The number of carboxylic acid groups (broad SMARTS) is 2. The van der Waals surface area contributed by atoms with Crippen molar-refractivity contribution in [3.63, 3.8) is 0 Å². The maximum absolute atomic E-state index is 10.0. The van der Waals surface area contributed by atoms with Gasteiger partial charge in [-0.3, -0.25) is 0 Å². The van der Waals surface area contributed by atoms with Gasteiger partial charge in [0, 0.05) is 11.9 Å². The maximum Gasteiger partial charge on any atom is 2.00 e. The molecule has 0 fully saturated rings. The van der Waals surface area contributed by atoms with E-state index in [9.17, 15) is 19.8 Å². The van der Waals surface area contributed by atoms with E-state index < -0.39 is 11.9 Å². The predicted molar refractivity (Wildman–Crippen MR) is 85.9 cm³/mol. The van der Waals surface area contributed by atoms with Gasteiger partial charge in [-0.2, -0.15) is 0 Å². The van der Waals surface area contributed by atoms with Gasteiger partial charge in [0.15, 0.2) is 0 Å². The van der Waals surface area contributed by atoms with E-state index in [0.29, 0.717) is 10.8 Å². The fourth-order valence-electron chi connectivity index (χ4n) is 1.85. The maximum atomic E-state index is 10.0. The molecule has 0 unspecified atom stereocenters. The summed E-state index contributed by atoms with van der Waals surface area (Å²) in [5.74, 6) is -1.86. The Bertz CT molecular complexity index is 282. The molecule has 0 amide bonds. The fraction of sp³-hybridized carbons (Fsp3) is 0.889. The van der Waals surface area contributed by atoms with Gasteiger partial charge < -0.3 is 19.8 Å². The largest absolute Gasteiger partial charge is 2.00 e. The molecule has 0 aromatic carbocycles. The molecule has 0 saturated carbocycles. The molecule has 0 aliphatic heterocycles. The quantitative estimate of drug-likeness (QED) is 0.484. The van der Waals surface area contributed by atoms with E-state index >= 15 is 0 Å². The first kappa shape index (κ1) is 27.3. The zero-order valence-corrected chi connectivity index (χ0v) is 16.6. The molecule has 0 rings (SSSR count). The van der Waals surface area contributed by atoms with Crippen molar-refractivity contribution in [2.45, 2.75) is 92.9 Å². The van der Waals surface area contributed by atoms with Crippen molar-refractivity contribution >= 4 is 11.9 Å². The van der Waals surface area contributed by atoms with Crippen molar-refractivity contribution in [3.8, 4) is 0 Å². The molecule has 0 aromatic rings. The third-order valence-corrected chi connectivity index (χ3v) is 3.12. The van der Waals surface area contributed by atoms with E-state index in [1.165, 1.54) is 0 Å². The van der Waals surface area contributed by atoms with Gasteiger partial charge in [-0.25, -0.2) is 0 Å². The van der Waals surface area contributed by atoms with Crippen LogP contribution in [0.2, 0.25) is 0 Å². The van der Waals surface area contributed by atoms with Crippen LogP contribution < -0.4 is 10.2 Å². The first-order chi connectivity index (χ1) is 9.83. The minimum Gasteiger partial charge on any atom is -0.550 e. The van der Waals surface area contributed by atoms with Crippen LogP contribution in [-0.4, -0.2) is 11.9 Å². The zero-order valence-electron chi connectivity index (χ0n) is 15.6. The average molecular weight is 373 g/mol. The minimum atomic E-state index is -0.932. The van der Waals surface area contributed by atoms with Crippen molar-refractivity contribution < 1.29 is 36.3 Å². The molecule has 0 saturated heterocycles. The predicted octanol–water partition coefficient (Wildman–Crippen LogP) is 2.68. The monoisotopic (exact) mass is 372 g/mol. The smallest absolute Gasteiger partial charge is 0.550 e. The van der Waals surface area contributed by atoms with E-state index in [-0.39, 0.29) is 29.3 Å². The Labute approximate surface area is 152 Å².